The fourth-order valence-electron chi connectivity index (χ4n) is 2.47. The lowest BCUT2D eigenvalue weighted by atomic mass is 10.1. The van der Waals surface area contributed by atoms with Crippen LogP contribution in [-0.4, -0.2) is 10.7 Å². The third-order valence-electron chi connectivity index (χ3n) is 3.34. The van der Waals surface area contributed by atoms with Crippen LogP contribution >= 0.6 is 23.4 Å². The Morgan fingerprint density at radius 1 is 1.31 bits per heavy atom. The topological polar surface area (TPSA) is 29.1 Å². The van der Waals surface area contributed by atoms with Crippen molar-refractivity contribution in [2.24, 2.45) is 0 Å². The van der Waals surface area contributed by atoms with E-state index in [0.717, 1.165) is 36.3 Å². The fraction of sp³-hybridized carbons (Fsp3) is 0.417. The van der Waals surface area contributed by atoms with Crippen LogP contribution in [-0.2, 0) is 4.79 Å². The van der Waals surface area contributed by atoms with Crippen molar-refractivity contribution in [3.05, 3.63) is 23.2 Å². The van der Waals surface area contributed by atoms with Crippen LogP contribution < -0.4 is 5.32 Å². The molecule has 4 heteroatoms. The molecule has 1 aliphatic carbocycles. The number of para-hydroxylation sites is 1. The van der Waals surface area contributed by atoms with E-state index >= 15 is 0 Å². The van der Waals surface area contributed by atoms with Gasteiger partial charge in [-0.25, -0.2) is 0 Å². The fourth-order valence-corrected chi connectivity index (χ4v) is 4.22. The van der Waals surface area contributed by atoms with Crippen molar-refractivity contribution >= 4 is 35.0 Å². The maximum Gasteiger partial charge on any atom is 0.241 e. The Hall–Kier alpha value is -0.670. The molecule has 16 heavy (non-hydrogen) atoms. The summed E-state index contributed by atoms with van der Waals surface area (Å²) in [6, 6.07) is 5.79. The van der Waals surface area contributed by atoms with Gasteiger partial charge in [-0.1, -0.05) is 30.5 Å². The smallest absolute Gasteiger partial charge is 0.241 e. The second kappa shape index (κ2) is 3.67. The predicted octanol–water partition coefficient (Wildman–Crippen LogP) is 3.70. The van der Waals surface area contributed by atoms with Gasteiger partial charge in [0.15, 0.2) is 0 Å². The van der Waals surface area contributed by atoms with Crippen molar-refractivity contribution in [2.75, 3.05) is 5.32 Å². The van der Waals surface area contributed by atoms with Gasteiger partial charge < -0.3 is 5.32 Å². The van der Waals surface area contributed by atoms with Crippen LogP contribution in [0.1, 0.15) is 25.7 Å². The number of rotatable bonds is 0. The molecule has 84 valence electrons. The number of fused-ring (bicyclic) bond motifs is 1. The highest BCUT2D eigenvalue weighted by Crippen LogP contribution is 2.52. The maximum absolute atomic E-state index is 12.1. The summed E-state index contributed by atoms with van der Waals surface area (Å²) in [4.78, 5) is 13.2. The van der Waals surface area contributed by atoms with Crippen LogP contribution in [0.3, 0.4) is 0 Å². The quantitative estimate of drug-likeness (QED) is 0.764. The molecule has 1 aromatic carbocycles. The first-order valence-electron chi connectivity index (χ1n) is 5.50. The van der Waals surface area contributed by atoms with Crippen molar-refractivity contribution in [2.45, 2.75) is 35.3 Å². The average Bonchev–Trinajstić information content (AvgIpc) is 2.71. The van der Waals surface area contributed by atoms with Gasteiger partial charge in [-0.2, -0.15) is 0 Å². The van der Waals surface area contributed by atoms with Crippen LogP contribution in [0.15, 0.2) is 23.1 Å². The van der Waals surface area contributed by atoms with E-state index in [1.165, 1.54) is 0 Å². The van der Waals surface area contributed by atoms with E-state index in [1.807, 2.05) is 18.2 Å². The molecule has 1 fully saturated rings. The average molecular weight is 254 g/mol. The van der Waals surface area contributed by atoms with Crippen molar-refractivity contribution in [3.63, 3.8) is 0 Å². The first kappa shape index (κ1) is 10.5. The van der Waals surface area contributed by atoms with Crippen LogP contribution in [0, 0.1) is 0 Å². The standard InChI is InChI=1S/C12H12ClNOS/c13-8-4-3-5-9-10(8)14-11(15)12(16-9)6-1-2-7-12/h3-5H,1-2,6-7H2,(H,14,15). The summed E-state index contributed by atoms with van der Waals surface area (Å²) in [5.41, 5.74) is 0.789. The molecule has 1 saturated carbocycles. The summed E-state index contributed by atoms with van der Waals surface area (Å²) in [6.07, 6.45) is 4.26. The summed E-state index contributed by atoms with van der Waals surface area (Å²) in [7, 11) is 0. The molecule has 1 amide bonds. The van der Waals surface area contributed by atoms with E-state index in [4.69, 9.17) is 11.6 Å². The molecule has 2 aliphatic rings. The third kappa shape index (κ3) is 1.45. The molecule has 0 radical (unpaired) electrons. The summed E-state index contributed by atoms with van der Waals surface area (Å²) >= 11 is 7.77. The van der Waals surface area contributed by atoms with Crippen LogP contribution in [0.25, 0.3) is 0 Å². The van der Waals surface area contributed by atoms with Gasteiger partial charge in [-0.3, -0.25) is 4.79 Å². The van der Waals surface area contributed by atoms with Gasteiger partial charge >= 0.3 is 0 Å². The number of thioether (sulfide) groups is 1. The van der Waals surface area contributed by atoms with Gasteiger partial charge in [-0.05, 0) is 25.0 Å². The zero-order valence-corrected chi connectivity index (χ0v) is 10.3. The SMILES string of the molecule is O=C1Nc2c(Cl)cccc2SC12CCCC2. The molecular formula is C12H12ClNOS. The maximum atomic E-state index is 12.1. The molecule has 1 spiro atoms. The molecule has 1 aromatic rings. The van der Waals surface area contributed by atoms with Gasteiger partial charge in [-0.15, -0.1) is 11.8 Å². The van der Waals surface area contributed by atoms with Crippen molar-refractivity contribution in [1.82, 2.24) is 0 Å². The second-order valence-electron chi connectivity index (χ2n) is 4.37. The molecule has 0 bridgehead atoms. The first-order chi connectivity index (χ1) is 7.71. The molecule has 1 aliphatic heterocycles. The minimum Gasteiger partial charge on any atom is -0.323 e. The zero-order valence-electron chi connectivity index (χ0n) is 8.75. The predicted molar refractivity (Wildman–Crippen MR) is 67.1 cm³/mol. The van der Waals surface area contributed by atoms with Gasteiger partial charge in [0.2, 0.25) is 5.91 Å². The molecule has 0 aromatic heterocycles. The summed E-state index contributed by atoms with van der Waals surface area (Å²) in [5, 5.41) is 3.60. The van der Waals surface area contributed by atoms with Crippen molar-refractivity contribution in [3.8, 4) is 0 Å². The summed E-state index contributed by atoms with van der Waals surface area (Å²) in [5.74, 6) is 0.135. The Morgan fingerprint density at radius 3 is 2.81 bits per heavy atom. The minimum absolute atomic E-state index is 0.135. The van der Waals surface area contributed by atoms with E-state index in [-0.39, 0.29) is 10.7 Å². The van der Waals surface area contributed by atoms with Gasteiger partial charge in [0, 0.05) is 4.90 Å². The number of benzene rings is 1. The van der Waals surface area contributed by atoms with Crippen LogP contribution in [0.4, 0.5) is 5.69 Å². The molecule has 0 saturated heterocycles. The normalized spacial score (nSPS) is 21.9. The number of carbonyl (C=O) groups is 1. The highest BCUT2D eigenvalue weighted by Gasteiger charge is 2.45. The largest absolute Gasteiger partial charge is 0.323 e. The monoisotopic (exact) mass is 253 g/mol. The third-order valence-corrected chi connectivity index (χ3v) is 5.20. The second-order valence-corrected chi connectivity index (χ2v) is 6.20. The first-order valence-corrected chi connectivity index (χ1v) is 6.70. The van der Waals surface area contributed by atoms with E-state index in [2.05, 4.69) is 5.32 Å². The van der Waals surface area contributed by atoms with E-state index in [0.29, 0.717) is 5.02 Å². The number of hydrogen-bond donors (Lipinski definition) is 1. The lowest BCUT2D eigenvalue weighted by Gasteiger charge is -2.33. The van der Waals surface area contributed by atoms with E-state index in [1.54, 1.807) is 11.8 Å². The summed E-state index contributed by atoms with van der Waals surface area (Å²) in [6.45, 7) is 0. The van der Waals surface area contributed by atoms with Crippen molar-refractivity contribution < 1.29 is 4.79 Å². The van der Waals surface area contributed by atoms with Gasteiger partial charge in [0.05, 0.1) is 15.5 Å². The van der Waals surface area contributed by atoms with Crippen LogP contribution in [0.2, 0.25) is 5.02 Å². The molecule has 0 atom stereocenters. The van der Waals surface area contributed by atoms with Gasteiger partial charge in [0.1, 0.15) is 0 Å². The lowest BCUT2D eigenvalue weighted by Crippen LogP contribution is -2.40. The Kier molecular flexibility index (Phi) is 2.41. The van der Waals surface area contributed by atoms with E-state index < -0.39 is 0 Å². The number of carbonyl (C=O) groups excluding carboxylic acids is 1. The van der Waals surface area contributed by atoms with Crippen molar-refractivity contribution in [1.29, 1.82) is 0 Å². The Balaban J connectivity index is 2.05. The number of amides is 1. The Morgan fingerprint density at radius 2 is 2.06 bits per heavy atom. The zero-order chi connectivity index (χ0) is 11.2. The molecule has 1 heterocycles. The molecular weight excluding hydrogens is 242 g/mol. The molecule has 3 rings (SSSR count). The molecule has 2 nitrogen and oxygen atoms in total. The highest BCUT2D eigenvalue weighted by atomic mass is 35.5. The minimum atomic E-state index is -0.225. The van der Waals surface area contributed by atoms with Crippen LogP contribution in [0.5, 0.6) is 0 Å². The molecule has 0 unspecified atom stereocenters. The lowest BCUT2D eigenvalue weighted by molar-refractivity contribution is -0.118. The Labute approximate surface area is 104 Å². The number of nitrogens with one attached hydrogen (secondary N) is 1. The number of anilines is 1. The Bertz CT molecular complexity index is 454. The molecule has 1 N–H and O–H groups in total. The van der Waals surface area contributed by atoms with Gasteiger partial charge in [0.25, 0.3) is 0 Å². The number of halogens is 1. The highest BCUT2D eigenvalue weighted by molar-refractivity contribution is 8.01. The summed E-state index contributed by atoms with van der Waals surface area (Å²) < 4.78 is -0.225. The van der Waals surface area contributed by atoms with E-state index in [9.17, 15) is 4.79 Å². The number of hydrogen-bond acceptors (Lipinski definition) is 2.